The van der Waals surface area contributed by atoms with E-state index in [0.29, 0.717) is 16.2 Å². The van der Waals surface area contributed by atoms with Crippen LogP contribution in [0.15, 0.2) is 24.3 Å². The van der Waals surface area contributed by atoms with Gasteiger partial charge in [-0.1, -0.05) is 12.1 Å². The normalized spacial score (nSPS) is 29.3. The largest absolute Gasteiger partial charge is 0.417 e. The number of carbonyl (C=O) groups excluding carboxylic acids is 1. The molecule has 1 atom stereocenters. The molecule has 1 N–H and O–H groups in total. The SMILES string of the molecule is O=C(N[C@@H]1C2CCN(CC2)C12CC2)c1cc2cccc(C(F)(F)F)c2s1. The van der Waals surface area contributed by atoms with Gasteiger partial charge in [0.2, 0.25) is 0 Å². The van der Waals surface area contributed by atoms with E-state index < -0.39 is 11.7 Å². The van der Waals surface area contributed by atoms with Crippen LogP contribution in [-0.2, 0) is 6.18 Å². The van der Waals surface area contributed by atoms with E-state index in [2.05, 4.69) is 10.2 Å². The first-order valence-electron chi connectivity index (χ1n) is 9.04. The first kappa shape index (κ1) is 16.6. The van der Waals surface area contributed by atoms with Crippen LogP contribution < -0.4 is 5.32 Å². The van der Waals surface area contributed by atoms with Crippen LogP contribution in [0.25, 0.3) is 10.1 Å². The highest BCUT2D eigenvalue weighted by Gasteiger charge is 2.60. The van der Waals surface area contributed by atoms with E-state index in [1.807, 2.05) is 0 Å². The van der Waals surface area contributed by atoms with E-state index in [-0.39, 0.29) is 22.2 Å². The molecule has 4 aliphatic rings. The second-order valence-electron chi connectivity index (χ2n) is 7.71. The number of hydrogen-bond acceptors (Lipinski definition) is 3. The van der Waals surface area contributed by atoms with Gasteiger partial charge in [-0.25, -0.2) is 0 Å². The Balaban J connectivity index is 1.44. The van der Waals surface area contributed by atoms with E-state index in [9.17, 15) is 18.0 Å². The second-order valence-corrected chi connectivity index (χ2v) is 8.76. The van der Waals surface area contributed by atoms with E-state index in [4.69, 9.17) is 0 Å². The van der Waals surface area contributed by atoms with E-state index in [0.717, 1.165) is 56.2 Å². The van der Waals surface area contributed by atoms with Crippen LogP contribution in [0.3, 0.4) is 0 Å². The molecule has 3 saturated heterocycles. The minimum absolute atomic E-state index is 0.116. The molecule has 1 aromatic carbocycles. The number of carbonyl (C=O) groups is 1. The Kier molecular flexibility index (Phi) is 3.47. The van der Waals surface area contributed by atoms with Gasteiger partial charge in [0.25, 0.3) is 5.91 Å². The van der Waals surface area contributed by atoms with Crippen molar-refractivity contribution in [1.29, 1.82) is 0 Å². The number of alkyl halides is 3. The fourth-order valence-electron chi connectivity index (χ4n) is 4.93. The molecule has 3 aliphatic heterocycles. The van der Waals surface area contributed by atoms with Crippen molar-refractivity contribution in [3.05, 3.63) is 34.7 Å². The van der Waals surface area contributed by atoms with Crippen LogP contribution in [-0.4, -0.2) is 35.5 Å². The van der Waals surface area contributed by atoms with Crippen LogP contribution in [0.2, 0.25) is 0 Å². The maximum absolute atomic E-state index is 13.2. The zero-order valence-corrected chi connectivity index (χ0v) is 14.9. The van der Waals surface area contributed by atoms with Crippen LogP contribution in [0.1, 0.15) is 40.9 Å². The highest BCUT2D eigenvalue weighted by Crippen LogP contribution is 2.53. The predicted octanol–water partition coefficient (Wildman–Crippen LogP) is 4.28. The summed E-state index contributed by atoms with van der Waals surface area (Å²) in [5.74, 6) is 0.260. The van der Waals surface area contributed by atoms with Gasteiger partial charge in [0.05, 0.1) is 16.5 Å². The molecule has 1 aliphatic carbocycles. The number of thiophene rings is 1. The fourth-order valence-corrected chi connectivity index (χ4v) is 6.03. The zero-order valence-electron chi connectivity index (χ0n) is 14.1. The number of nitrogens with one attached hydrogen (secondary N) is 1. The van der Waals surface area contributed by atoms with E-state index in [1.165, 1.54) is 6.07 Å². The molecule has 2 aromatic rings. The minimum Gasteiger partial charge on any atom is -0.346 e. The summed E-state index contributed by atoms with van der Waals surface area (Å²) in [4.78, 5) is 15.7. The molecule has 1 spiro atoms. The van der Waals surface area contributed by atoms with Crippen molar-refractivity contribution in [3.63, 3.8) is 0 Å². The molecule has 1 saturated carbocycles. The maximum atomic E-state index is 13.2. The summed E-state index contributed by atoms with van der Waals surface area (Å²) in [5.41, 5.74) is -0.550. The van der Waals surface area contributed by atoms with Crippen LogP contribution in [0.4, 0.5) is 13.2 Å². The van der Waals surface area contributed by atoms with Crippen molar-refractivity contribution in [2.24, 2.45) is 5.92 Å². The topological polar surface area (TPSA) is 32.3 Å². The average molecular weight is 380 g/mol. The summed E-state index contributed by atoms with van der Waals surface area (Å²) >= 11 is 0.942. The van der Waals surface area contributed by atoms with Crippen molar-refractivity contribution >= 4 is 27.3 Å². The number of rotatable bonds is 2. The third-order valence-corrected chi connectivity index (χ3v) is 7.52. The molecule has 2 bridgehead atoms. The lowest BCUT2D eigenvalue weighted by Gasteiger charge is -2.52. The molecule has 6 rings (SSSR count). The Bertz CT molecular complexity index is 879. The fraction of sp³-hybridized carbons (Fsp3) is 0.526. The molecule has 0 unspecified atom stereocenters. The van der Waals surface area contributed by atoms with Gasteiger partial charge >= 0.3 is 6.18 Å². The highest BCUT2D eigenvalue weighted by atomic mass is 32.1. The Hall–Kier alpha value is -1.60. The molecular formula is C19H19F3N2OS. The quantitative estimate of drug-likeness (QED) is 0.844. The summed E-state index contributed by atoms with van der Waals surface area (Å²) in [5, 5.41) is 3.66. The highest BCUT2D eigenvalue weighted by molar-refractivity contribution is 7.21. The predicted molar refractivity (Wildman–Crippen MR) is 94.3 cm³/mol. The van der Waals surface area contributed by atoms with E-state index in [1.54, 1.807) is 12.1 Å². The number of halogens is 3. The monoisotopic (exact) mass is 380 g/mol. The Morgan fingerprint density at radius 3 is 2.62 bits per heavy atom. The lowest BCUT2D eigenvalue weighted by molar-refractivity contribution is -0.136. The van der Waals surface area contributed by atoms with Crippen LogP contribution in [0.5, 0.6) is 0 Å². The van der Waals surface area contributed by atoms with E-state index >= 15 is 0 Å². The van der Waals surface area contributed by atoms with Crippen molar-refractivity contribution in [2.75, 3.05) is 13.1 Å². The first-order valence-corrected chi connectivity index (χ1v) is 9.86. The van der Waals surface area contributed by atoms with Crippen molar-refractivity contribution in [3.8, 4) is 0 Å². The van der Waals surface area contributed by atoms with Gasteiger partial charge in [0.1, 0.15) is 0 Å². The van der Waals surface area contributed by atoms with Gasteiger partial charge in [-0.3, -0.25) is 9.69 Å². The van der Waals surface area contributed by atoms with Gasteiger partial charge in [0, 0.05) is 10.2 Å². The summed E-state index contributed by atoms with van der Waals surface area (Å²) in [6, 6.07) is 5.82. The first-order chi connectivity index (χ1) is 12.4. The standard InChI is InChI=1S/C19H19F3N2OS/c20-19(21,22)13-3-1-2-12-10-14(26-15(12)13)17(25)23-16-11-4-8-24(9-5-11)18(16)6-7-18/h1-3,10-11,16H,4-9H2,(H,23,25)/t16-/m1/s1. The number of nitrogens with zero attached hydrogens (tertiary/aromatic N) is 1. The number of benzene rings is 1. The molecule has 26 heavy (non-hydrogen) atoms. The summed E-state index contributed by atoms with van der Waals surface area (Å²) in [6.07, 6.45) is -0.00117. The number of fused-ring (bicyclic) bond motifs is 3. The molecule has 0 radical (unpaired) electrons. The lowest BCUT2D eigenvalue weighted by atomic mass is 9.77. The van der Waals surface area contributed by atoms with Crippen molar-refractivity contribution in [1.82, 2.24) is 10.2 Å². The van der Waals surface area contributed by atoms with Gasteiger partial charge in [-0.05, 0) is 62.2 Å². The van der Waals surface area contributed by atoms with Crippen LogP contribution in [0, 0.1) is 5.92 Å². The van der Waals surface area contributed by atoms with Gasteiger partial charge < -0.3 is 5.32 Å². The molecule has 138 valence electrons. The smallest absolute Gasteiger partial charge is 0.346 e. The minimum atomic E-state index is -4.41. The Morgan fingerprint density at radius 2 is 1.96 bits per heavy atom. The Morgan fingerprint density at radius 1 is 1.23 bits per heavy atom. The zero-order chi connectivity index (χ0) is 18.1. The van der Waals surface area contributed by atoms with Gasteiger partial charge in [-0.2, -0.15) is 13.2 Å². The van der Waals surface area contributed by atoms with Crippen molar-refractivity contribution < 1.29 is 18.0 Å². The number of amides is 1. The molecule has 4 fully saturated rings. The third kappa shape index (κ3) is 2.40. The molecule has 7 heteroatoms. The van der Waals surface area contributed by atoms with Crippen LogP contribution >= 0.6 is 11.3 Å². The van der Waals surface area contributed by atoms with Gasteiger partial charge in [0.15, 0.2) is 0 Å². The summed E-state index contributed by atoms with van der Waals surface area (Å²) < 4.78 is 39.8. The molecule has 1 aromatic heterocycles. The van der Waals surface area contributed by atoms with Gasteiger partial charge in [-0.15, -0.1) is 11.3 Å². The lowest BCUT2D eigenvalue weighted by Crippen LogP contribution is -2.65. The third-order valence-electron chi connectivity index (χ3n) is 6.34. The molecule has 4 heterocycles. The number of piperidine rings is 3. The number of hydrogen-bond donors (Lipinski definition) is 1. The molecular weight excluding hydrogens is 361 g/mol. The summed E-state index contributed by atoms with van der Waals surface area (Å²) in [7, 11) is 0. The maximum Gasteiger partial charge on any atom is 0.417 e. The summed E-state index contributed by atoms with van der Waals surface area (Å²) in [6.45, 7) is 2.21. The molecule has 3 nitrogen and oxygen atoms in total. The average Bonchev–Trinajstić information content (AvgIpc) is 3.26. The Labute approximate surface area is 153 Å². The van der Waals surface area contributed by atoms with Crippen molar-refractivity contribution in [2.45, 2.75) is 43.4 Å². The second kappa shape index (κ2) is 5.45. The molecule has 1 amide bonds.